The molecule has 7 nitrogen and oxygen atoms in total. The number of methoxy groups -OCH3 is 1. The van der Waals surface area contributed by atoms with Crippen molar-refractivity contribution in [1.29, 1.82) is 0 Å². The van der Waals surface area contributed by atoms with Crippen molar-refractivity contribution in [3.05, 3.63) is 102 Å². The molecule has 4 heterocycles. The summed E-state index contributed by atoms with van der Waals surface area (Å²) < 4.78 is 9.30. The number of benzene rings is 2. The van der Waals surface area contributed by atoms with Gasteiger partial charge < -0.3 is 4.74 Å². The van der Waals surface area contributed by atoms with Gasteiger partial charge >= 0.3 is 0 Å². The second kappa shape index (κ2) is 8.30. The Balaban J connectivity index is 1.46. The van der Waals surface area contributed by atoms with E-state index in [1.54, 1.807) is 11.8 Å². The monoisotopic (exact) mass is 474 g/mol. The number of aryl methyl sites for hydroxylation is 1. The van der Waals surface area contributed by atoms with Gasteiger partial charge in [-0.3, -0.25) is 0 Å². The molecule has 36 heavy (non-hydrogen) atoms. The topological polar surface area (TPSA) is 70.7 Å². The highest BCUT2D eigenvalue weighted by Crippen LogP contribution is 2.33. The number of nitrogens with zero attached hydrogens (tertiary/aromatic N) is 6. The Bertz CT molecular complexity index is 1660. The molecule has 0 saturated heterocycles. The zero-order chi connectivity index (χ0) is 24.9. The number of pyridine rings is 2. The van der Waals surface area contributed by atoms with Crippen molar-refractivity contribution in [3.8, 4) is 17.4 Å². The summed E-state index contributed by atoms with van der Waals surface area (Å²) in [7, 11) is 1.67. The zero-order valence-corrected chi connectivity index (χ0v) is 20.7. The zero-order valence-electron chi connectivity index (χ0n) is 20.7. The summed E-state index contributed by atoms with van der Waals surface area (Å²) in [5, 5.41) is 11.6. The SMILES string of the molecule is COc1cc(-n2cc3ccccc3n2)nc(C(C)(C)c2cc(C)cc(-n3cc4ccccc4n3)n2)c1. The van der Waals surface area contributed by atoms with Crippen LogP contribution in [0.5, 0.6) is 5.75 Å². The Kier molecular flexibility index (Phi) is 5.07. The lowest BCUT2D eigenvalue weighted by atomic mass is 9.84. The van der Waals surface area contributed by atoms with Gasteiger partial charge in [0, 0.05) is 40.7 Å². The van der Waals surface area contributed by atoms with E-state index < -0.39 is 5.41 Å². The molecular formula is C29H26N6O. The molecule has 0 aliphatic carbocycles. The lowest BCUT2D eigenvalue weighted by molar-refractivity contribution is 0.411. The molecule has 0 N–H and O–H groups in total. The van der Waals surface area contributed by atoms with E-state index in [0.29, 0.717) is 11.6 Å². The maximum atomic E-state index is 5.66. The first-order valence-electron chi connectivity index (χ1n) is 11.9. The molecule has 6 aromatic rings. The third-order valence-corrected chi connectivity index (χ3v) is 6.55. The van der Waals surface area contributed by atoms with Crippen LogP contribution in [0.25, 0.3) is 33.4 Å². The standard InChI is InChI=1S/C29H26N6O/c1-19-13-25(30-27(14-19)34-17-20-9-5-7-11-23(20)32-34)29(2,3)26-15-22(36-4)16-28(31-26)35-18-21-10-6-8-12-24(21)33-35/h5-18H,1-4H3. The molecule has 0 atom stereocenters. The third kappa shape index (κ3) is 3.79. The first-order chi connectivity index (χ1) is 17.4. The van der Waals surface area contributed by atoms with Gasteiger partial charge in [0.05, 0.1) is 29.5 Å². The van der Waals surface area contributed by atoms with Gasteiger partial charge in [-0.15, -0.1) is 0 Å². The Hall–Kier alpha value is -4.52. The molecule has 0 unspecified atom stereocenters. The Morgan fingerprint density at radius 2 is 1.22 bits per heavy atom. The van der Waals surface area contributed by atoms with Crippen LogP contribution in [-0.2, 0) is 5.41 Å². The molecule has 7 heteroatoms. The predicted octanol–water partition coefficient (Wildman–Crippen LogP) is 5.80. The van der Waals surface area contributed by atoms with Gasteiger partial charge in [0.2, 0.25) is 0 Å². The quantitative estimate of drug-likeness (QED) is 0.316. The van der Waals surface area contributed by atoms with Crippen LogP contribution in [0.2, 0.25) is 0 Å². The minimum atomic E-state index is -0.511. The van der Waals surface area contributed by atoms with Crippen LogP contribution in [-0.4, -0.2) is 36.6 Å². The lowest BCUT2D eigenvalue weighted by Crippen LogP contribution is -2.24. The Morgan fingerprint density at radius 1 is 0.694 bits per heavy atom. The first-order valence-corrected chi connectivity index (χ1v) is 11.9. The highest BCUT2D eigenvalue weighted by atomic mass is 16.5. The van der Waals surface area contributed by atoms with Crippen LogP contribution in [0.15, 0.2) is 85.2 Å². The summed E-state index contributed by atoms with van der Waals surface area (Å²) in [6.45, 7) is 6.33. The smallest absolute Gasteiger partial charge is 0.157 e. The van der Waals surface area contributed by atoms with Gasteiger partial charge in [-0.1, -0.05) is 36.4 Å². The lowest BCUT2D eigenvalue weighted by Gasteiger charge is -2.25. The van der Waals surface area contributed by atoms with Crippen molar-refractivity contribution in [2.45, 2.75) is 26.2 Å². The fourth-order valence-electron chi connectivity index (χ4n) is 4.43. The van der Waals surface area contributed by atoms with Gasteiger partial charge in [0.25, 0.3) is 0 Å². The normalized spacial score (nSPS) is 11.9. The van der Waals surface area contributed by atoms with Crippen LogP contribution in [0.1, 0.15) is 30.8 Å². The number of hydrogen-bond acceptors (Lipinski definition) is 5. The van der Waals surface area contributed by atoms with Crippen molar-refractivity contribution >= 4 is 21.8 Å². The molecule has 6 rings (SSSR count). The predicted molar refractivity (Wildman–Crippen MR) is 141 cm³/mol. The third-order valence-electron chi connectivity index (χ3n) is 6.55. The van der Waals surface area contributed by atoms with E-state index in [9.17, 15) is 0 Å². The highest BCUT2D eigenvalue weighted by Gasteiger charge is 2.29. The minimum absolute atomic E-state index is 0.511. The van der Waals surface area contributed by atoms with E-state index >= 15 is 0 Å². The van der Waals surface area contributed by atoms with Gasteiger partial charge in [-0.05, 0) is 50.6 Å². The van der Waals surface area contributed by atoms with E-state index in [2.05, 4.69) is 32.9 Å². The highest BCUT2D eigenvalue weighted by molar-refractivity contribution is 5.79. The van der Waals surface area contributed by atoms with Crippen molar-refractivity contribution in [2.75, 3.05) is 7.11 Å². The molecule has 0 bridgehead atoms. The second-order valence-electron chi connectivity index (χ2n) is 9.53. The average molecular weight is 475 g/mol. The van der Waals surface area contributed by atoms with Crippen molar-refractivity contribution in [3.63, 3.8) is 0 Å². The summed E-state index contributed by atoms with van der Waals surface area (Å²) in [5.41, 5.74) is 4.18. The minimum Gasteiger partial charge on any atom is -0.497 e. The number of rotatable bonds is 5. The fraction of sp³-hybridized carbons (Fsp3) is 0.172. The summed E-state index contributed by atoms with van der Waals surface area (Å²) in [6.07, 6.45) is 4.00. The maximum absolute atomic E-state index is 5.66. The maximum Gasteiger partial charge on any atom is 0.157 e. The van der Waals surface area contributed by atoms with E-state index in [1.807, 2.05) is 77.7 Å². The van der Waals surface area contributed by atoms with Crippen molar-refractivity contribution < 1.29 is 4.74 Å². The number of fused-ring (bicyclic) bond motifs is 2. The molecule has 4 aromatic heterocycles. The van der Waals surface area contributed by atoms with Crippen LogP contribution in [0, 0.1) is 6.92 Å². The molecule has 0 radical (unpaired) electrons. The molecule has 0 amide bonds. The summed E-state index contributed by atoms with van der Waals surface area (Å²) in [6, 6.07) is 24.1. The van der Waals surface area contributed by atoms with E-state index in [4.69, 9.17) is 24.9 Å². The summed E-state index contributed by atoms with van der Waals surface area (Å²) in [5.74, 6) is 2.18. The number of ether oxygens (including phenoxy) is 1. The first kappa shape index (κ1) is 22.0. The summed E-state index contributed by atoms with van der Waals surface area (Å²) in [4.78, 5) is 10.1. The second-order valence-corrected chi connectivity index (χ2v) is 9.53. The van der Waals surface area contributed by atoms with Crippen LogP contribution in [0.3, 0.4) is 0 Å². The molecule has 0 aliphatic rings. The van der Waals surface area contributed by atoms with Gasteiger partial charge in [0.1, 0.15) is 5.75 Å². The van der Waals surface area contributed by atoms with Crippen LogP contribution >= 0.6 is 0 Å². The molecule has 0 aliphatic heterocycles. The number of aromatic nitrogens is 6. The molecule has 0 fully saturated rings. The molecule has 0 spiro atoms. The molecule has 2 aromatic carbocycles. The fourth-order valence-corrected chi connectivity index (χ4v) is 4.43. The van der Waals surface area contributed by atoms with E-state index in [-0.39, 0.29) is 0 Å². The molecule has 178 valence electrons. The van der Waals surface area contributed by atoms with E-state index in [1.165, 1.54) is 0 Å². The molecular weight excluding hydrogens is 448 g/mol. The number of hydrogen-bond donors (Lipinski definition) is 0. The summed E-state index contributed by atoms with van der Waals surface area (Å²) >= 11 is 0. The van der Waals surface area contributed by atoms with Crippen molar-refractivity contribution in [2.24, 2.45) is 0 Å². The Morgan fingerprint density at radius 3 is 1.78 bits per heavy atom. The van der Waals surface area contributed by atoms with Gasteiger partial charge in [-0.25, -0.2) is 19.3 Å². The Labute approximate surface area is 209 Å². The van der Waals surface area contributed by atoms with Crippen molar-refractivity contribution in [1.82, 2.24) is 29.5 Å². The van der Waals surface area contributed by atoms with Gasteiger partial charge in [0.15, 0.2) is 11.6 Å². The van der Waals surface area contributed by atoms with Gasteiger partial charge in [-0.2, -0.15) is 10.2 Å². The van der Waals surface area contributed by atoms with Crippen LogP contribution in [0.4, 0.5) is 0 Å². The van der Waals surface area contributed by atoms with Crippen LogP contribution < -0.4 is 4.74 Å². The van der Waals surface area contributed by atoms with E-state index in [0.717, 1.165) is 44.6 Å². The molecule has 0 saturated carbocycles. The largest absolute Gasteiger partial charge is 0.497 e. The average Bonchev–Trinajstić information content (AvgIpc) is 3.52.